The van der Waals surface area contributed by atoms with Gasteiger partial charge in [-0.25, -0.2) is 0 Å². The van der Waals surface area contributed by atoms with Crippen molar-refractivity contribution >= 4 is 5.78 Å². The lowest BCUT2D eigenvalue weighted by Crippen LogP contribution is -2.25. The highest BCUT2D eigenvalue weighted by molar-refractivity contribution is 5.79. The van der Waals surface area contributed by atoms with Gasteiger partial charge in [0.05, 0.1) is 0 Å². The number of ketones is 1. The number of Topliss-reactive ketones (excluding diaryl/α,β-unsaturated/α-hetero) is 1. The van der Waals surface area contributed by atoms with Gasteiger partial charge in [0, 0.05) is 5.92 Å². The molecule has 2 unspecified atom stereocenters. The van der Waals surface area contributed by atoms with E-state index < -0.39 is 0 Å². The molecule has 0 aromatic heterocycles. The Hall–Kier alpha value is -0.590. The summed E-state index contributed by atoms with van der Waals surface area (Å²) in [7, 11) is 0. The number of carbonyl (C=O) groups is 1. The maximum atomic E-state index is 11.6. The van der Waals surface area contributed by atoms with Gasteiger partial charge in [-0.3, -0.25) is 4.79 Å². The molecule has 90 valence electrons. The van der Waals surface area contributed by atoms with Crippen molar-refractivity contribution in [1.29, 1.82) is 0 Å². The molecule has 0 spiro atoms. The molecule has 2 rings (SSSR count). The molecule has 0 aromatic carbocycles. The minimum Gasteiger partial charge on any atom is -0.300 e. The number of hydrogen-bond donors (Lipinski definition) is 0. The normalized spacial score (nSPS) is 31.6. The van der Waals surface area contributed by atoms with Crippen LogP contribution in [0.15, 0.2) is 11.1 Å². The number of rotatable bonds is 1. The Morgan fingerprint density at radius 1 is 1.00 bits per heavy atom. The molecule has 0 aromatic rings. The molecular weight excluding hydrogens is 196 g/mol. The molecule has 0 fully saturated rings. The predicted molar refractivity (Wildman–Crippen MR) is 67.3 cm³/mol. The van der Waals surface area contributed by atoms with Gasteiger partial charge in [0.2, 0.25) is 0 Å². The van der Waals surface area contributed by atoms with Crippen molar-refractivity contribution in [1.82, 2.24) is 0 Å². The van der Waals surface area contributed by atoms with Gasteiger partial charge in [-0.05, 0) is 51.4 Å². The lowest BCUT2D eigenvalue weighted by atomic mass is 9.72. The minimum absolute atomic E-state index is 0.318. The highest BCUT2D eigenvalue weighted by Gasteiger charge is 2.29. The van der Waals surface area contributed by atoms with Crippen molar-refractivity contribution in [2.24, 2.45) is 11.8 Å². The van der Waals surface area contributed by atoms with E-state index in [1.165, 1.54) is 44.9 Å². The van der Waals surface area contributed by atoms with Gasteiger partial charge in [0.25, 0.3) is 0 Å². The molecule has 0 bridgehead atoms. The van der Waals surface area contributed by atoms with Crippen LogP contribution in [0.2, 0.25) is 0 Å². The first-order valence-corrected chi connectivity index (χ1v) is 6.88. The summed E-state index contributed by atoms with van der Waals surface area (Å²) in [6, 6.07) is 0. The van der Waals surface area contributed by atoms with Crippen LogP contribution >= 0.6 is 0 Å². The number of allylic oxidation sites excluding steroid dienone is 2. The van der Waals surface area contributed by atoms with Gasteiger partial charge in [-0.15, -0.1) is 0 Å². The predicted octanol–water partition coefficient (Wildman–Crippen LogP) is 4.27. The van der Waals surface area contributed by atoms with Gasteiger partial charge in [0.15, 0.2) is 0 Å². The Morgan fingerprint density at radius 2 is 1.56 bits per heavy atom. The molecule has 2 aliphatic carbocycles. The number of hydrogen-bond acceptors (Lipinski definition) is 1. The maximum absolute atomic E-state index is 11.6. The second-order valence-corrected chi connectivity index (χ2v) is 5.72. The first-order chi connectivity index (χ1) is 7.68. The van der Waals surface area contributed by atoms with Crippen molar-refractivity contribution in [2.45, 2.75) is 65.2 Å². The zero-order chi connectivity index (χ0) is 11.5. The Kier molecular flexibility index (Phi) is 3.83. The molecule has 1 nitrogen and oxygen atoms in total. The minimum atomic E-state index is 0.318. The summed E-state index contributed by atoms with van der Waals surface area (Å²) >= 11 is 0. The third-order valence-corrected chi connectivity index (χ3v) is 4.45. The van der Waals surface area contributed by atoms with Gasteiger partial charge >= 0.3 is 0 Å². The van der Waals surface area contributed by atoms with Crippen LogP contribution in [0, 0.1) is 11.8 Å². The Bertz CT molecular complexity index is 301. The Morgan fingerprint density at radius 3 is 2.12 bits per heavy atom. The van der Waals surface area contributed by atoms with Gasteiger partial charge in [0.1, 0.15) is 5.78 Å². The first kappa shape index (κ1) is 11.9. The molecule has 16 heavy (non-hydrogen) atoms. The van der Waals surface area contributed by atoms with Crippen molar-refractivity contribution in [3.63, 3.8) is 0 Å². The molecule has 0 saturated heterocycles. The smallest absolute Gasteiger partial charge is 0.133 e. The summed E-state index contributed by atoms with van der Waals surface area (Å²) < 4.78 is 0. The summed E-state index contributed by atoms with van der Waals surface area (Å²) in [6.07, 6.45) is 10.4. The van der Waals surface area contributed by atoms with E-state index in [0.717, 1.165) is 6.42 Å². The fourth-order valence-electron chi connectivity index (χ4n) is 3.42. The van der Waals surface area contributed by atoms with Crippen molar-refractivity contribution in [3.05, 3.63) is 11.1 Å². The van der Waals surface area contributed by atoms with Crippen LogP contribution in [0.25, 0.3) is 0 Å². The summed E-state index contributed by atoms with van der Waals surface area (Å²) in [5.74, 6) is 1.30. The monoisotopic (exact) mass is 220 g/mol. The van der Waals surface area contributed by atoms with Crippen LogP contribution < -0.4 is 0 Å². The van der Waals surface area contributed by atoms with Crippen molar-refractivity contribution in [3.8, 4) is 0 Å². The second kappa shape index (κ2) is 5.16. The van der Waals surface area contributed by atoms with E-state index in [4.69, 9.17) is 0 Å². The lowest BCUT2D eigenvalue weighted by molar-refractivity contribution is -0.122. The molecule has 2 aliphatic rings. The van der Waals surface area contributed by atoms with E-state index in [1.54, 1.807) is 18.1 Å². The summed E-state index contributed by atoms with van der Waals surface area (Å²) in [4.78, 5) is 11.6. The van der Waals surface area contributed by atoms with E-state index in [1.807, 2.05) is 0 Å². The maximum Gasteiger partial charge on any atom is 0.133 e. The van der Waals surface area contributed by atoms with Crippen LogP contribution in [0.4, 0.5) is 0 Å². The van der Waals surface area contributed by atoms with E-state index >= 15 is 0 Å². The Labute approximate surface area is 99.3 Å². The fraction of sp³-hybridized carbons (Fsp3) is 0.800. The number of carbonyl (C=O) groups excluding carboxylic acids is 1. The molecule has 0 heterocycles. The highest BCUT2D eigenvalue weighted by atomic mass is 16.1. The molecular formula is C15H24O. The third kappa shape index (κ3) is 2.56. The molecule has 0 radical (unpaired) electrons. The van der Waals surface area contributed by atoms with E-state index in [-0.39, 0.29) is 0 Å². The summed E-state index contributed by atoms with van der Waals surface area (Å²) in [6.45, 7) is 4.03. The third-order valence-electron chi connectivity index (χ3n) is 4.45. The molecule has 0 saturated carbocycles. The molecule has 0 amide bonds. The zero-order valence-electron chi connectivity index (χ0n) is 10.7. The van der Waals surface area contributed by atoms with Crippen molar-refractivity contribution in [2.75, 3.05) is 0 Å². The van der Waals surface area contributed by atoms with E-state index in [0.29, 0.717) is 17.6 Å². The summed E-state index contributed by atoms with van der Waals surface area (Å²) in [5.41, 5.74) is 3.36. The SMILES string of the molecule is CC(=O)C1CC2=C(CCCCCC2)CC1C. The van der Waals surface area contributed by atoms with Gasteiger partial charge in [-0.1, -0.05) is 30.9 Å². The van der Waals surface area contributed by atoms with E-state index in [9.17, 15) is 4.79 Å². The van der Waals surface area contributed by atoms with Crippen LogP contribution in [0.3, 0.4) is 0 Å². The van der Waals surface area contributed by atoms with E-state index in [2.05, 4.69) is 6.92 Å². The molecule has 2 atom stereocenters. The largest absolute Gasteiger partial charge is 0.300 e. The van der Waals surface area contributed by atoms with Crippen LogP contribution in [-0.2, 0) is 4.79 Å². The second-order valence-electron chi connectivity index (χ2n) is 5.72. The summed E-state index contributed by atoms with van der Waals surface area (Å²) in [5, 5.41) is 0. The standard InChI is InChI=1S/C15H24O/c1-11-9-13-7-5-3-4-6-8-14(13)10-15(11)12(2)16/h11,15H,3-10H2,1-2H3. The Balaban J connectivity index is 2.14. The highest BCUT2D eigenvalue weighted by Crippen LogP contribution is 2.39. The van der Waals surface area contributed by atoms with Gasteiger partial charge < -0.3 is 0 Å². The van der Waals surface area contributed by atoms with Crippen LogP contribution in [0.1, 0.15) is 65.2 Å². The lowest BCUT2D eigenvalue weighted by Gasteiger charge is -2.32. The molecule has 1 heteroatoms. The molecule has 0 aliphatic heterocycles. The average molecular weight is 220 g/mol. The quantitative estimate of drug-likeness (QED) is 0.603. The van der Waals surface area contributed by atoms with Crippen LogP contribution in [0.5, 0.6) is 0 Å². The zero-order valence-corrected chi connectivity index (χ0v) is 10.7. The first-order valence-electron chi connectivity index (χ1n) is 6.88. The topological polar surface area (TPSA) is 17.1 Å². The average Bonchev–Trinajstić information content (AvgIpc) is 2.20. The molecule has 0 N–H and O–H groups in total. The van der Waals surface area contributed by atoms with Gasteiger partial charge in [-0.2, -0.15) is 0 Å². The van der Waals surface area contributed by atoms with Crippen molar-refractivity contribution < 1.29 is 4.79 Å². The van der Waals surface area contributed by atoms with Crippen LogP contribution in [-0.4, -0.2) is 5.78 Å². The fourth-order valence-corrected chi connectivity index (χ4v) is 3.42.